The van der Waals surface area contributed by atoms with Crippen LogP contribution in [0.3, 0.4) is 0 Å². The van der Waals surface area contributed by atoms with Gasteiger partial charge in [-0.15, -0.1) is 0 Å². The van der Waals surface area contributed by atoms with E-state index < -0.39 is 0 Å². The number of fused-ring (bicyclic) bond motifs is 2. The molecule has 1 aromatic carbocycles. The van der Waals surface area contributed by atoms with Crippen molar-refractivity contribution >= 4 is 32.6 Å². The first-order valence-corrected chi connectivity index (χ1v) is 11.7. The van der Waals surface area contributed by atoms with Gasteiger partial charge >= 0.3 is 0 Å². The molecule has 0 radical (unpaired) electrons. The van der Waals surface area contributed by atoms with Crippen LogP contribution < -0.4 is 15.4 Å². The quantitative estimate of drug-likeness (QED) is 0.490. The van der Waals surface area contributed by atoms with Crippen LogP contribution in [0.15, 0.2) is 30.5 Å². The van der Waals surface area contributed by atoms with E-state index in [0.717, 1.165) is 62.2 Å². The van der Waals surface area contributed by atoms with E-state index in [2.05, 4.69) is 50.7 Å². The van der Waals surface area contributed by atoms with Gasteiger partial charge in [-0.3, -0.25) is 0 Å². The molecule has 0 aliphatic carbocycles. The molecule has 0 bridgehead atoms. The minimum absolute atomic E-state index is 0.532. The molecule has 5 rings (SSSR count). The molecule has 0 fully saturated rings. The number of pyridine rings is 1. The Morgan fingerprint density at radius 1 is 1.12 bits per heavy atom. The first kappa shape index (κ1) is 21.5. The Morgan fingerprint density at radius 3 is 2.79 bits per heavy atom. The molecule has 170 valence electrons. The van der Waals surface area contributed by atoms with Gasteiger partial charge in [0.25, 0.3) is 0 Å². The number of nitrogen functional groups attached to an aromatic ring is 1. The molecular formula is C24H27N7OS. The molecule has 0 atom stereocenters. The predicted molar refractivity (Wildman–Crippen MR) is 133 cm³/mol. The van der Waals surface area contributed by atoms with Crippen LogP contribution in [0.4, 0.5) is 10.9 Å². The Kier molecular flexibility index (Phi) is 5.59. The molecule has 2 N–H and O–H groups in total. The van der Waals surface area contributed by atoms with Crippen LogP contribution in [0.5, 0.6) is 5.75 Å². The molecule has 0 spiro atoms. The first-order valence-electron chi connectivity index (χ1n) is 10.9. The van der Waals surface area contributed by atoms with Crippen molar-refractivity contribution in [2.45, 2.75) is 26.9 Å². The zero-order chi connectivity index (χ0) is 23.1. The van der Waals surface area contributed by atoms with Gasteiger partial charge in [0, 0.05) is 35.1 Å². The highest BCUT2D eigenvalue weighted by Gasteiger charge is 2.21. The van der Waals surface area contributed by atoms with Crippen molar-refractivity contribution in [2.24, 2.45) is 0 Å². The second-order valence-corrected chi connectivity index (χ2v) is 9.61. The third-order valence-corrected chi connectivity index (χ3v) is 6.61. The highest BCUT2D eigenvalue weighted by atomic mass is 32.1. The Bertz CT molecular complexity index is 1330. The third kappa shape index (κ3) is 4.34. The summed E-state index contributed by atoms with van der Waals surface area (Å²) in [5.74, 6) is 2.71. The van der Waals surface area contributed by atoms with E-state index in [0.29, 0.717) is 24.8 Å². The fraction of sp³-hybridized carbons (Fsp3) is 0.333. The number of aromatic nitrogens is 4. The minimum Gasteiger partial charge on any atom is -0.491 e. The largest absolute Gasteiger partial charge is 0.491 e. The first-order chi connectivity index (χ1) is 15.9. The monoisotopic (exact) mass is 461 g/mol. The summed E-state index contributed by atoms with van der Waals surface area (Å²) in [5, 5.41) is 0.532. The molecule has 9 heteroatoms. The summed E-state index contributed by atoms with van der Waals surface area (Å²) in [7, 11) is 4.06. The number of benzene rings is 1. The zero-order valence-corrected chi connectivity index (χ0v) is 20.1. The summed E-state index contributed by atoms with van der Waals surface area (Å²) < 4.78 is 6.09. The van der Waals surface area contributed by atoms with E-state index in [9.17, 15) is 0 Å². The summed E-state index contributed by atoms with van der Waals surface area (Å²) in [6, 6.07) is 8.33. The van der Waals surface area contributed by atoms with Crippen LogP contribution in [0.1, 0.15) is 22.6 Å². The maximum atomic E-state index is 6.09. The number of hydrogen-bond donors (Lipinski definition) is 1. The Labute approximate surface area is 197 Å². The third-order valence-electron chi connectivity index (χ3n) is 5.80. The van der Waals surface area contributed by atoms with Crippen molar-refractivity contribution in [2.75, 3.05) is 37.9 Å². The molecule has 1 aliphatic rings. The summed E-state index contributed by atoms with van der Waals surface area (Å²) >= 11 is 1.40. The number of rotatable bonds is 4. The summed E-state index contributed by atoms with van der Waals surface area (Å²) in [5.41, 5.74) is 12.0. The molecular weight excluding hydrogens is 434 g/mol. The van der Waals surface area contributed by atoms with Crippen LogP contribution in [-0.2, 0) is 13.1 Å². The van der Waals surface area contributed by atoms with Gasteiger partial charge < -0.3 is 20.3 Å². The normalized spacial score (nSPS) is 13.8. The van der Waals surface area contributed by atoms with Crippen molar-refractivity contribution < 1.29 is 4.74 Å². The van der Waals surface area contributed by atoms with E-state index in [-0.39, 0.29) is 0 Å². The lowest BCUT2D eigenvalue weighted by Crippen LogP contribution is -2.28. The molecule has 8 nitrogen and oxygen atoms in total. The average Bonchev–Trinajstić information content (AvgIpc) is 3.01. The Morgan fingerprint density at radius 2 is 1.97 bits per heavy atom. The lowest BCUT2D eigenvalue weighted by molar-refractivity contribution is 0.331. The Hall–Kier alpha value is -3.30. The van der Waals surface area contributed by atoms with Gasteiger partial charge in [-0.05, 0) is 51.7 Å². The van der Waals surface area contributed by atoms with Gasteiger partial charge in [0.15, 0.2) is 5.13 Å². The standard InChI is InChI=1S/C24H27N7OS/c1-14-15(2)27-21(13-30(3)4)29-22(14)31-7-8-32-20-6-5-16(9-18(20)12-31)17-10-19-23(26-11-17)33-24(25)28-19/h5-6,9-11H,7-8,12-13H2,1-4H3,(H2,25,28). The summed E-state index contributed by atoms with van der Waals surface area (Å²) in [6.07, 6.45) is 1.88. The second-order valence-electron chi connectivity index (χ2n) is 8.60. The van der Waals surface area contributed by atoms with E-state index in [1.165, 1.54) is 11.3 Å². The zero-order valence-electron chi connectivity index (χ0n) is 19.3. The summed E-state index contributed by atoms with van der Waals surface area (Å²) in [4.78, 5) is 23.8. The van der Waals surface area contributed by atoms with Crippen molar-refractivity contribution in [1.29, 1.82) is 0 Å². The van der Waals surface area contributed by atoms with Gasteiger partial charge in [0.05, 0.1) is 13.1 Å². The summed E-state index contributed by atoms with van der Waals surface area (Å²) in [6.45, 7) is 6.91. The smallest absolute Gasteiger partial charge is 0.182 e. The SMILES string of the molecule is Cc1nc(CN(C)C)nc(N2CCOc3ccc(-c4cnc5sc(N)nc5c4)cc3C2)c1C. The number of hydrogen-bond acceptors (Lipinski definition) is 9. The molecule has 0 saturated heterocycles. The molecule has 33 heavy (non-hydrogen) atoms. The molecule has 4 heterocycles. The molecule has 4 aromatic rings. The maximum absolute atomic E-state index is 6.09. The fourth-order valence-corrected chi connectivity index (χ4v) is 4.74. The highest BCUT2D eigenvalue weighted by molar-refractivity contribution is 7.21. The molecule has 0 saturated carbocycles. The van der Waals surface area contributed by atoms with Gasteiger partial charge in [-0.1, -0.05) is 17.4 Å². The molecule has 1 aliphatic heterocycles. The van der Waals surface area contributed by atoms with E-state index in [1.807, 2.05) is 32.4 Å². The second kappa shape index (κ2) is 8.57. The van der Waals surface area contributed by atoms with Crippen LogP contribution in [-0.4, -0.2) is 52.1 Å². The van der Waals surface area contributed by atoms with Gasteiger partial charge in [0.1, 0.15) is 34.3 Å². The maximum Gasteiger partial charge on any atom is 0.182 e. The van der Waals surface area contributed by atoms with Gasteiger partial charge in [-0.2, -0.15) is 0 Å². The fourth-order valence-electron chi connectivity index (χ4n) is 4.08. The van der Waals surface area contributed by atoms with E-state index in [4.69, 9.17) is 15.5 Å². The number of anilines is 2. The van der Waals surface area contributed by atoms with Crippen LogP contribution >= 0.6 is 11.3 Å². The van der Waals surface area contributed by atoms with Crippen LogP contribution in [0.25, 0.3) is 21.5 Å². The van der Waals surface area contributed by atoms with Gasteiger partial charge in [0.2, 0.25) is 0 Å². The van der Waals surface area contributed by atoms with Gasteiger partial charge in [-0.25, -0.2) is 19.9 Å². The Balaban J connectivity index is 1.50. The topological polar surface area (TPSA) is 93.3 Å². The number of thiazole rings is 1. The van der Waals surface area contributed by atoms with Crippen LogP contribution in [0.2, 0.25) is 0 Å². The molecule has 0 unspecified atom stereocenters. The number of aryl methyl sites for hydroxylation is 1. The lowest BCUT2D eigenvalue weighted by atomic mass is 10.0. The predicted octanol–water partition coefficient (Wildman–Crippen LogP) is 3.81. The van der Waals surface area contributed by atoms with Crippen LogP contribution in [0, 0.1) is 13.8 Å². The number of nitrogens with zero attached hydrogens (tertiary/aromatic N) is 6. The van der Waals surface area contributed by atoms with Crippen molar-refractivity contribution in [1.82, 2.24) is 24.8 Å². The molecule has 0 amide bonds. The number of ether oxygens (including phenoxy) is 1. The van der Waals surface area contributed by atoms with Crippen molar-refractivity contribution in [3.05, 3.63) is 53.1 Å². The van der Waals surface area contributed by atoms with E-state index >= 15 is 0 Å². The van der Waals surface area contributed by atoms with Crippen molar-refractivity contribution in [3.8, 4) is 16.9 Å². The average molecular weight is 462 g/mol. The molecule has 3 aromatic heterocycles. The minimum atomic E-state index is 0.532. The van der Waals surface area contributed by atoms with E-state index in [1.54, 1.807) is 0 Å². The highest BCUT2D eigenvalue weighted by Crippen LogP contribution is 2.33. The van der Waals surface area contributed by atoms with Crippen molar-refractivity contribution in [3.63, 3.8) is 0 Å². The number of nitrogens with two attached hydrogens (primary N) is 1. The lowest BCUT2D eigenvalue weighted by Gasteiger charge is -2.24.